The molecule has 0 aromatic heterocycles. The van der Waals surface area contributed by atoms with Crippen LogP contribution in [0.15, 0.2) is 24.3 Å². The van der Waals surface area contributed by atoms with Gasteiger partial charge < -0.3 is 10.2 Å². The number of rotatable bonds is 5. The van der Waals surface area contributed by atoms with E-state index in [0.717, 1.165) is 37.9 Å². The van der Waals surface area contributed by atoms with Crippen molar-refractivity contribution in [2.45, 2.75) is 45.6 Å². The van der Waals surface area contributed by atoms with Crippen molar-refractivity contribution in [1.29, 1.82) is 0 Å². The third-order valence-electron chi connectivity index (χ3n) is 4.09. The summed E-state index contributed by atoms with van der Waals surface area (Å²) in [5, 5.41) is 3.17. The van der Waals surface area contributed by atoms with E-state index in [4.69, 9.17) is 0 Å². The lowest BCUT2D eigenvalue weighted by atomic mass is 10.0. The Morgan fingerprint density at radius 2 is 1.85 bits per heavy atom. The SMILES string of the molecule is CCCN1CCC(NC(=O)c2ccc(CC)cc2)CC1. The summed E-state index contributed by atoms with van der Waals surface area (Å²) in [6.07, 6.45) is 4.36. The van der Waals surface area contributed by atoms with Gasteiger partial charge in [-0.3, -0.25) is 4.79 Å². The summed E-state index contributed by atoms with van der Waals surface area (Å²) in [7, 11) is 0. The number of carbonyl (C=O) groups excluding carboxylic acids is 1. The van der Waals surface area contributed by atoms with Crippen LogP contribution in [0.2, 0.25) is 0 Å². The van der Waals surface area contributed by atoms with Crippen LogP contribution >= 0.6 is 0 Å². The number of likely N-dealkylation sites (tertiary alicyclic amines) is 1. The van der Waals surface area contributed by atoms with Gasteiger partial charge in [0.1, 0.15) is 0 Å². The van der Waals surface area contributed by atoms with Crippen molar-refractivity contribution in [3.63, 3.8) is 0 Å². The molecular formula is C17H26N2O. The van der Waals surface area contributed by atoms with Gasteiger partial charge in [0.2, 0.25) is 0 Å². The van der Waals surface area contributed by atoms with Crippen molar-refractivity contribution in [1.82, 2.24) is 10.2 Å². The Morgan fingerprint density at radius 1 is 1.20 bits per heavy atom. The molecule has 0 unspecified atom stereocenters. The minimum absolute atomic E-state index is 0.0709. The average molecular weight is 274 g/mol. The van der Waals surface area contributed by atoms with Crippen molar-refractivity contribution in [2.75, 3.05) is 19.6 Å². The van der Waals surface area contributed by atoms with Gasteiger partial charge >= 0.3 is 0 Å². The van der Waals surface area contributed by atoms with E-state index in [0.29, 0.717) is 6.04 Å². The molecule has 1 aromatic rings. The van der Waals surface area contributed by atoms with E-state index >= 15 is 0 Å². The number of nitrogens with one attached hydrogen (secondary N) is 1. The molecule has 1 saturated heterocycles. The van der Waals surface area contributed by atoms with E-state index < -0.39 is 0 Å². The van der Waals surface area contributed by atoms with E-state index in [2.05, 4.69) is 24.1 Å². The summed E-state index contributed by atoms with van der Waals surface area (Å²) in [5.74, 6) is 0.0709. The maximum Gasteiger partial charge on any atom is 0.251 e. The molecule has 0 radical (unpaired) electrons. The van der Waals surface area contributed by atoms with Crippen LogP contribution in [0.3, 0.4) is 0 Å². The van der Waals surface area contributed by atoms with Gasteiger partial charge in [0.15, 0.2) is 0 Å². The second kappa shape index (κ2) is 7.44. The summed E-state index contributed by atoms with van der Waals surface area (Å²) in [5.41, 5.74) is 2.05. The molecule has 3 heteroatoms. The summed E-state index contributed by atoms with van der Waals surface area (Å²) in [6, 6.07) is 8.28. The maximum atomic E-state index is 12.2. The first-order valence-electron chi connectivity index (χ1n) is 7.85. The van der Waals surface area contributed by atoms with E-state index in [-0.39, 0.29) is 5.91 Å². The Hall–Kier alpha value is -1.35. The van der Waals surface area contributed by atoms with Crippen LogP contribution in [0.5, 0.6) is 0 Å². The van der Waals surface area contributed by atoms with Gasteiger partial charge in [0.05, 0.1) is 0 Å². The minimum atomic E-state index is 0.0709. The molecule has 2 rings (SSSR count). The first-order valence-corrected chi connectivity index (χ1v) is 7.85. The molecule has 0 aliphatic carbocycles. The van der Waals surface area contributed by atoms with Crippen molar-refractivity contribution in [2.24, 2.45) is 0 Å². The second-order valence-corrected chi connectivity index (χ2v) is 5.64. The molecule has 0 bridgehead atoms. The Labute approximate surface area is 122 Å². The van der Waals surface area contributed by atoms with Crippen LogP contribution in [0.25, 0.3) is 0 Å². The van der Waals surface area contributed by atoms with Gasteiger partial charge in [-0.2, -0.15) is 0 Å². The fraction of sp³-hybridized carbons (Fsp3) is 0.588. The zero-order valence-electron chi connectivity index (χ0n) is 12.7. The van der Waals surface area contributed by atoms with Gasteiger partial charge in [-0.1, -0.05) is 26.0 Å². The lowest BCUT2D eigenvalue weighted by Gasteiger charge is -2.32. The van der Waals surface area contributed by atoms with Gasteiger partial charge in [-0.05, 0) is 49.9 Å². The number of piperidine rings is 1. The van der Waals surface area contributed by atoms with E-state index in [1.54, 1.807) is 0 Å². The highest BCUT2D eigenvalue weighted by Crippen LogP contribution is 2.12. The summed E-state index contributed by atoms with van der Waals surface area (Å²) in [6.45, 7) is 7.73. The smallest absolute Gasteiger partial charge is 0.251 e. The van der Waals surface area contributed by atoms with Gasteiger partial charge in [0, 0.05) is 24.7 Å². The maximum absolute atomic E-state index is 12.2. The Kier molecular flexibility index (Phi) is 5.60. The van der Waals surface area contributed by atoms with Gasteiger partial charge in [-0.15, -0.1) is 0 Å². The highest BCUT2D eigenvalue weighted by atomic mass is 16.1. The zero-order chi connectivity index (χ0) is 14.4. The fourth-order valence-corrected chi connectivity index (χ4v) is 2.78. The summed E-state index contributed by atoms with van der Waals surface area (Å²) in [4.78, 5) is 14.7. The predicted molar refractivity (Wildman–Crippen MR) is 83.0 cm³/mol. The highest BCUT2D eigenvalue weighted by molar-refractivity contribution is 5.94. The molecule has 20 heavy (non-hydrogen) atoms. The molecule has 3 nitrogen and oxygen atoms in total. The molecule has 1 aliphatic heterocycles. The van der Waals surface area contributed by atoms with E-state index in [1.165, 1.54) is 18.5 Å². The van der Waals surface area contributed by atoms with Gasteiger partial charge in [-0.25, -0.2) is 0 Å². The third kappa shape index (κ3) is 4.07. The topological polar surface area (TPSA) is 32.3 Å². The molecule has 110 valence electrons. The van der Waals surface area contributed by atoms with Crippen molar-refractivity contribution in [3.05, 3.63) is 35.4 Å². The fourth-order valence-electron chi connectivity index (χ4n) is 2.78. The lowest BCUT2D eigenvalue weighted by Crippen LogP contribution is -2.44. The number of hydrogen-bond donors (Lipinski definition) is 1. The van der Waals surface area contributed by atoms with Crippen LogP contribution in [0.4, 0.5) is 0 Å². The van der Waals surface area contributed by atoms with Crippen LogP contribution in [0.1, 0.15) is 49.0 Å². The molecule has 1 aromatic carbocycles. The third-order valence-corrected chi connectivity index (χ3v) is 4.09. The number of carbonyl (C=O) groups is 1. The summed E-state index contributed by atoms with van der Waals surface area (Å²) < 4.78 is 0. The van der Waals surface area contributed by atoms with E-state index in [9.17, 15) is 4.79 Å². The second-order valence-electron chi connectivity index (χ2n) is 5.64. The number of aryl methyl sites for hydroxylation is 1. The van der Waals surface area contributed by atoms with Crippen LogP contribution in [0, 0.1) is 0 Å². The number of benzene rings is 1. The normalized spacial score (nSPS) is 17.1. The quantitative estimate of drug-likeness (QED) is 0.895. The molecule has 0 saturated carbocycles. The zero-order valence-corrected chi connectivity index (χ0v) is 12.7. The Balaban J connectivity index is 1.82. The number of hydrogen-bond acceptors (Lipinski definition) is 2. The highest BCUT2D eigenvalue weighted by Gasteiger charge is 2.20. The molecule has 1 fully saturated rings. The van der Waals surface area contributed by atoms with Crippen molar-refractivity contribution in [3.8, 4) is 0 Å². The number of amides is 1. The van der Waals surface area contributed by atoms with Crippen LogP contribution < -0.4 is 5.32 Å². The molecule has 1 amide bonds. The molecule has 1 aliphatic rings. The molecular weight excluding hydrogens is 248 g/mol. The molecule has 1 heterocycles. The first-order chi connectivity index (χ1) is 9.72. The summed E-state index contributed by atoms with van der Waals surface area (Å²) >= 11 is 0. The van der Waals surface area contributed by atoms with Gasteiger partial charge in [0.25, 0.3) is 5.91 Å². The largest absolute Gasteiger partial charge is 0.349 e. The molecule has 1 N–H and O–H groups in total. The van der Waals surface area contributed by atoms with E-state index in [1.807, 2.05) is 24.3 Å². The minimum Gasteiger partial charge on any atom is -0.349 e. The Bertz CT molecular complexity index is 419. The molecule has 0 atom stereocenters. The average Bonchev–Trinajstić information content (AvgIpc) is 2.49. The van der Waals surface area contributed by atoms with Crippen LogP contribution in [-0.2, 0) is 6.42 Å². The van der Waals surface area contributed by atoms with Crippen molar-refractivity contribution >= 4 is 5.91 Å². The van der Waals surface area contributed by atoms with Crippen molar-refractivity contribution < 1.29 is 4.79 Å². The number of nitrogens with zero attached hydrogens (tertiary/aromatic N) is 1. The van der Waals surface area contributed by atoms with Crippen LogP contribution in [-0.4, -0.2) is 36.5 Å². The molecule has 0 spiro atoms. The Morgan fingerprint density at radius 3 is 2.40 bits per heavy atom. The lowest BCUT2D eigenvalue weighted by molar-refractivity contribution is 0.0911. The standard InChI is InChI=1S/C17H26N2O/c1-3-11-19-12-9-16(10-13-19)18-17(20)15-7-5-14(4-2)6-8-15/h5-8,16H,3-4,9-13H2,1-2H3,(H,18,20). The monoisotopic (exact) mass is 274 g/mol. The predicted octanol–water partition coefficient (Wildman–Crippen LogP) is 2.85. The first kappa shape index (κ1) is 15.0.